The van der Waals surface area contributed by atoms with Gasteiger partial charge in [-0.25, -0.2) is 0 Å². The highest BCUT2D eigenvalue weighted by atomic mass is 16.4. The van der Waals surface area contributed by atoms with Gasteiger partial charge in [-0.05, 0) is 24.7 Å². The average Bonchev–Trinajstić information content (AvgIpc) is 2.02. The van der Waals surface area contributed by atoms with Crippen LogP contribution < -0.4 is 0 Å². The van der Waals surface area contributed by atoms with Gasteiger partial charge in [0, 0.05) is 6.61 Å². The van der Waals surface area contributed by atoms with E-state index < -0.39 is 18.8 Å². The topological polar surface area (TPSA) is 80.9 Å². The molecule has 1 saturated carbocycles. The van der Waals surface area contributed by atoms with E-state index in [1.54, 1.807) is 0 Å². The number of aliphatic hydroxyl groups excluding tert-OH is 4. The van der Waals surface area contributed by atoms with E-state index in [9.17, 15) is 5.11 Å². The molecule has 4 unspecified atom stereocenters. The largest absolute Gasteiger partial charge is 0.396 e. The third-order valence-electron chi connectivity index (χ3n) is 2.73. The zero-order valence-electron chi connectivity index (χ0n) is 6.93. The summed E-state index contributed by atoms with van der Waals surface area (Å²) < 4.78 is 0. The normalized spacial score (nSPS) is 34.0. The van der Waals surface area contributed by atoms with Crippen molar-refractivity contribution in [1.82, 2.24) is 0 Å². The molecule has 1 aliphatic rings. The van der Waals surface area contributed by atoms with E-state index in [0.29, 0.717) is 0 Å². The van der Waals surface area contributed by atoms with E-state index in [4.69, 9.17) is 15.3 Å². The van der Waals surface area contributed by atoms with Crippen LogP contribution in [0.5, 0.6) is 0 Å². The molecule has 0 heterocycles. The third kappa shape index (κ3) is 1.77. The zero-order chi connectivity index (χ0) is 9.14. The molecule has 1 rings (SSSR count). The standard InChI is InChI=1S/C8H16O4/c9-3-5-1-2-6(5)8(12)7(11)4-10/h5-12H,1-4H2. The second kappa shape index (κ2) is 4.18. The molecule has 0 aromatic heterocycles. The van der Waals surface area contributed by atoms with Crippen LogP contribution in [0.2, 0.25) is 0 Å². The Kier molecular flexibility index (Phi) is 3.46. The van der Waals surface area contributed by atoms with Crippen LogP contribution in [0.1, 0.15) is 12.8 Å². The maximum Gasteiger partial charge on any atom is 0.103 e. The van der Waals surface area contributed by atoms with E-state index in [2.05, 4.69) is 0 Å². The molecule has 72 valence electrons. The van der Waals surface area contributed by atoms with Gasteiger partial charge >= 0.3 is 0 Å². The SMILES string of the molecule is OCC(O)C(O)C1CCC1CO. The van der Waals surface area contributed by atoms with E-state index in [1.807, 2.05) is 0 Å². The van der Waals surface area contributed by atoms with Gasteiger partial charge in [-0.1, -0.05) is 0 Å². The maximum atomic E-state index is 9.42. The van der Waals surface area contributed by atoms with Gasteiger partial charge in [0.05, 0.1) is 12.7 Å². The first kappa shape index (κ1) is 9.92. The second-order valence-corrected chi connectivity index (χ2v) is 3.42. The maximum absolute atomic E-state index is 9.42. The van der Waals surface area contributed by atoms with Gasteiger partial charge in [-0.15, -0.1) is 0 Å². The summed E-state index contributed by atoms with van der Waals surface area (Å²) in [6.45, 7) is -0.365. The molecular weight excluding hydrogens is 160 g/mol. The van der Waals surface area contributed by atoms with E-state index in [-0.39, 0.29) is 18.4 Å². The smallest absolute Gasteiger partial charge is 0.103 e. The van der Waals surface area contributed by atoms with Crippen molar-refractivity contribution in [2.45, 2.75) is 25.0 Å². The van der Waals surface area contributed by atoms with E-state index in [0.717, 1.165) is 12.8 Å². The van der Waals surface area contributed by atoms with Crippen molar-refractivity contribution in [2.24, 2.45) is 11.8 Å². The summed E-state index contributed by atoms with van der Waals surface area (Å²) in [7, 11) is 0. The first-order valence-electron chi connectivity index (χ1n) is 4.28. The molecule has 0 bridgehead atoms. The summed E-state index contributed by atoms with van der Waals surface area (Å²) in [5, 5.41) is 35.9. The summed E-state index contributed by atoms with van der Waals surface area (Å²) in [6.07, 6.45) is -0.231. The molecular formula is C8H16O4. The quantitative estimate of drug-likeness (QED) is 0.430. The van der Waals surface area contributed by atoms with Gasteiger partial charge in [0.1, 0.15) is 6.10 Å². The summed E-state index contributed by atoms with van der Waals surface area (Å²) in [5.74, 6) is 0.0540. The monoisotopic (exact) mass is 176 g/mol. The predicted octanol–water partition coefficient (Wildman–Crippen LogP) is -1.28. The molecule has 0 aromatic rings. The van der Waals surface area contributed by atoms with Gasteiger partial charge in [-0.3, -0.25) is 0 Å². The van der Waals surface area contributed by atoms with Crippen molar-refractivity contribution in [1.29, 1.82) is 0 Å². The molecule has 1 aliphatic carbocycles. The first-order valence-corrected chi connectivity index (χ1v) is 4.28. The van der Waals surface area contributed by atoms with Crippen LogP contribution in [-0.2, 0) is 0 Å². The van der Waals surface area contributed by atoms with Crippen LogP contribution in [0.25, 0.3) is 0 Å². The Labute approximate surface area is 71.5 Å². The molecule has 0 saturated heterocycles. The van der Waals surface area contributed by atoms with Crippen molar-refractivity contribution in [3.8, 4) is 0 Å². The lowest BCUT2D eigenvalue weighted by Crippen LogP contribution is -2.45. The van der Waals surface area contributed by atoms with Crippen LogP contribution >= 0.6 is 0 Å². The highest BCUT2D eigenvalue weighted by Gasteiger charge is 2.38. The lowest BCUT2D eigenvalue weighted by atomic mass is 9.70. The second-order valence-electron chi connectivity index (χ2n) is 3.42. The van der Waals surface area contributed by atoms with Crippen LogP contribution in [0.4, 0.5) is 0 Å². The fraction of sp³-hybridized carbons (Fsp3) is 1.00. The van der Waals surface area contributed by atoms with Gasteiger partial charge in [0.15, 0.2) is 0 Å². The molecule has 0 aromatic carbocycles. The summed E-state index contributed by atoms with van der Waals surface area (Å²) >= 11 is 0. The highest BCUT2D eigenvalue weighted by Crippen LogP contribution is 2.37. The summed E-state index contributed by atoms with van der Waals surface area (Å²) in [4.78, 5) is 0. The minimum atomic E-state index is -1.07. The molecule has 0 radical (unpaired) electrons. The predicted molar refractivity (Wildman–Crippen MR) is 42.4 cm³/mol. The molecule has 12 heavy (non-hydrogen) atoms. The number of hydrogen-bond acceptors (Lipinski definition) is 4. The minimum absolute atomic E-state index is 0.0443. The summed E-state index contributed by atoms with van der Waals surface area (Å²) in [6, 6.07) is 0. The Morgan fingerprint density at radius 3 is 2.17 bits per heavy atom. The molecule has 1 fully saturated rings. The Morgan fingerprint density at radius 1 is 1.17 bits per heavy atom. The highest BCUT2D eigenvalue weighted by molar-refractivity contribution is 4.88. The van der Waals surface area contributed by atoms with Crippen molar-refractivity contribution in [3.05, 3.63) is 0 Å². The average molecular weight is 176 g/mol. The molecule has 0 spiro atoms. The molecule has 4 atom stereocenters. The molecule has 4 nitrogen and oxygen atoms in total. The lowest BCUT2D eigenvalue weighted by molar-refractivity contribution is -0.0905. The van der Waals surface area contributed by atoms with Gasteiger partial charge in [-0.2, -0.15) is 0 Å². The first-order chi connectivity index (χ1) is 5.70. The molecule has 4 heteroatoms. The fourth-order valence-electron chi connectivity index (χ4n) is 1.66. The Balaban J connectivity index is 2.36. The molecule has 0 aliphatic heterocycles. The van der Waals surface area contributed by atoms with Crippen LogP contribution in [0.15, 0.2) is 0 Å². The van der Waals surface area contributed by atoms with Crippen LogP contribution in [0.3, 0.4) is 0 Å². The third-order valence-corrected chi connectivity index (χ3v) is 2.73. The van der Waals surface area contributed by atoms with Gasteiger partial charge in [0.25, 0.3) is 0 Å². The molecule has 0 amide bonds. The van der Waals surface area contributed by atoms with Gasteiger partial charge < -0.3 is 20.4 Å². The van der Waals surface area contributed by atoms with Crippen molar-refractivity contribution < 1.29 is 20.4 Å². The number of hydrogen-bond donors (Lipinski definition) is 4. The Bertz CT molecular complexity index is 130. The van der Waals surface area contributed by atoms with Crippen molar-refractivity contribution in [3.63, 3.8) is 0 Å². The molecule has 4 N–H and O–H groups in total. The minimum Gasteiger partial charge on any atom is -0.396 e. The fourth-order valence-corrected chi connectivity index (χ4v) is 1.66. The van der Waals surface area contributed by atoms with Crippen molar-refractivity contribution >= 4 is 0 Å². The van der Waals surface area contributed by atoms with Crippen molar-refractivity contribution in [2.75, 3.05) is 13.2 Å². The van der Waals surface area contributed by atoms with E-state index >= 15 is 0 Å². The Hall–Kier alpha value is -0.160. The zero-order valence-corrected chi connectivity index (χ0v) is 6.93. The van der Waals surface area contributed by atoms with Gasteiger partial charge in [0.2, 0.25) is 0 Å². The summed E-state index contributed by atoms with van der Waals surface area (Å²) in [5.41, 5.74) is 0. The Morgan fingerprint density at radius 2 is 1.83 bits per heavy atom. The van der Waals surface area contributed by atoms with Crippen LogP contribution in [0, 0.1) is 11.8 Å². The number of aliphatic hydroxyl groups is 4. The lowest BCUT2D eigenvalue weighted by Gasteiger charge is -2.39. The number of rotatable bonds is 4. The van der Waals surface area contributed by atoms with E-state index in [1.165, 1.54) is 0 Å². The van der Waals surface area contributed by atoms with Crippen LogP contribution in [-0.4, -0.2) is 45.8 Å².